The third-order valence-electron chi connectivity index (χ3n) is 4.22. The monoisotopic (exact) mass is 492 g/mol. The summed E-state index contributed by atoms with van der Waals surface area (Å²) in [6.07, 6.45) is 1.67. The number of imide groups is 1. The average molecular weight is 492 g/mol. The smallest absolute Gasteiger partial charge is 0.294 e. The van der Waals surface area contributed by atoms with Crippen molar-refractivity contribution in [1.82, 2.24) is 4.90 Å². The molecule has 1 N–H and O–H groups in total. The molecule has 1 heterocycles. The Hall–Kier alpha value is -2.13. The number of benzene rings is 2. The van der Waals surface area contributed by atoms with Crippen LogP contribution in [0.25, 0.3) is 6.08 Å². The summed E-state index contributed by atoms with van der Waals surface area (Å²) >= 11 is 3.05. The fourth-order valence-electron chi connectivity index (χ4n) is 2.57. The number of nitrogens with one attached hydrogen (secondary N) is 1. The summed E-state index contributed by atoms with van der Waals surface area (Å²) in [6, 6.07) is 13.2. The zero-order valence-electron chi connectivity index (χ0n) is 14.8. The number of hydrogen-bond acceptors (Lipinski definition) is 4. The maximum Gasteiger partial charge on any atom is 0.294 e. The van der Waals surface area contributed by atoms with Gasteiger partial charge >= 0.3 is 0 Å². The first kappa shape index (κ1) is 19.6. The van der Waals surface area contributed by atoms with Crippen LogP contribution in [-0.4, -0.2) is 28.5 Å². The molecule has 5 nitrogen and oxygen atoms in total. The Kier molecular flexibility index (Phi) is 6.01. The summed E-state index contributed by atoms with van der Waals surface area (Å²) < 4.78 is 1.08. The van der Waals surface area contributed by atoms with Crippen molar-refractivity contribution < 1.29 is 14.4 Å². The van der Waals surface area contributed by atoms with Gasteiger partial charge in [-0.05, 0) is 89.2 Å². The highest BCUT2D eigenvalue weighted by Crippen LogP contribution is 2.32. The molecule has 1 fully saturated rings. The first-order valence-corrected chi connectivity index (χ1v) is 10.1. The van der Waals surface area contributed by atoms with Crippen molar-refractivity contribution in [3.8, 4) is 0 Å². The molecule has 2 aromatic carbocycles. The van der Waals surface area contributed by atoms with E-state index in [1.54, 1.807) is 12.1 Å². The van der Waals surface area contributed by atoms with Gasteiger partial charge in [0.25, 0.3) is 11.1 Å². The van der Waals surface area contributed by atoms with Crippen molar-refractivity contribution in [2.45, 2.75) is 13.8 Å². The molecule has 0 spiro atoms. The first-order chi connectivity index (χ1) is 12.8. The molecular formula is C20H17IN2O3S. The molecule has 27 heavy (non-hydrogen) atoms. The summed E-state index contributed by atoms with van der Waals surface area (Å²) in [5.74, 6) is -0.846. The Balaban J connectivity index is 1.71. The van der Waals surface area contributed by atoms with Gasteiger partial charge in [-0.3, -0.25) is 19.3 Å². The van der Waals surface area contributed by atoms with Crippen LogP contribution in [-0.2, 0) is 9.59 Å². The van der Waals surface area contributed by atoms with Crippen LogP contribution in [0.3, 0.4) is 0 Å². The van der Waals surface area contributed by atoms with Gasteiger partial charge in [0.15, 0.2) is 0 Å². The molecule has 0 unspecified atom stereocenters. The number of halogens is 1. The van der Waals surface area contributed by atoms with Crippen LogP contribution in [0.2, 0.25) is 0 Å². The number of anilines is 1. The van der Waals surface area contributed by atoms with E-state index in [2.05, 4.69) is 27.9 Å². The Morgan fingerprint density at radius 2 is 1.85 bits per heavy atom. The van der Waals surface area contributed by atoms with Crippen molar-refractivity contribution >= 4 is 63.2 Å². The van der Waals surface area contributed by atoms with E-state index in [9.17, 15) is 14.4 Å². The number of carbonyl (C=O) groups is 3. The third-order valence-corrected chi connectivity index (χ3v) is 5.85. The minimum absolute atomic E-state index is 0.303. The van der Waals surface area contributed by atoms with Crippen LogP contribution in [0, 0.1) is 17.4 Å². The Morgan fingerprint density at radius 3 is 2.56 bits per heavy atom. The molecule has 0 aliphatic carbocycles. The lowest BCUT2D eigenvalue weighted by Crippen LogP contribution is -2.36. The molecule has 3 amide bonds. The normalized spacial score (nSPS) is 15.5. The number of hydrogen-bond donors (Lipinski definition) is 1. The van der Waals surface area contributed by atoms with Crippen LogP contribution in [0.15, 0.2) is 47.4 Å². The molecule has 0 saturated carbocycles. The summed E-state index contributed by atoms with van der Waals surface area (Å²) in [5, 5.41) is 2.34. The van der Waals surface area contributed by atoms with Crippen molar-refractivity contribution in [3.05, 3.63) is 67.6 Å². The quantitative estimate of drug-likeness (QED) is 0.501. The largest absolute Gasteiger partial charge is 0.324 e. The molecule has 0 atom stereocenters. The summed E-state index contributed by atoms with van der Waals surface area (Å²) in [4.78, 5) is 38.4. The summed E-state index contributed by atoms with van der Waals surface area (Å²) in [7, 11) is 0. The molecule has 0 bridgehead atoms. The highest BCUT2D eigenvalue weighted by molar-refractivity contribution is 14.1. The van der Waals surface area contributed by atoms with Crippen LogP contribution < -0.4 is 5.32 Å². The minimum Gasteiger partial charge on any atom is -0.324 e. The highest BCUT2D eigenvalue weighted by atomic mass is 127. The summed E-state index contributed by atoms with van der Waals surface area (Å²) in [5.41, 5.74) is 3.53. The number of aryl methyl sites for hydroxylation is 1. The van der Waals surface area contributed by atoms with Crippen molar-refractivity contribution in [3.63, 3.8) is 0 Å². The topological polar surface area (TPSA) is 66.5 Å². The third kappa shape index (κ3) is 4.59. The van der Waals surface area contributed by atoms with Gasteiger partial charge in [0, 0.05) is 9.26 Å². The van der Waals surface area contributed by atoms with Gasteiger partial charge in [-0.25, -0.2) is 0 Å². The summed E-state index contributed by atoms with van der Waals surface area (Å²) in [6.45, 7) is 3.56. The highest BCUT2D eigenvalue weighted by Gasteiger charge is 2.36. The fourth-order valence-corrected chi connectivity index (χ4v) is 3.76. The molecule has 3 rings (SSSR count). The van der Waals surface area contributed by atoms with Crippen LogP contribution in [0.5, 0.6) is 0 Å². The fraction of sp³-hybridized carbons (Fsp3) is 0.150. The molecule has 0 radical (unpaired) electrons. The van der Waals surface area contributed by atoms with Gasteiger partial charge < -0.3 is 5.32 Å². The standard InChI is InChI=1S/C20H17IN2O3S/c1-12-4-3-5-16(13(12)2)22-18(24)11-23-19(25)17(27-20(23)26)10-14-6-8-15(21)9-7-14/h3-10H,11H2,1-2H3,(H,22,24)/b17-10+. The lowest BCUT2D eigenvalue weighted by atomic mass is 10.1. The second kappa shape index (κ2) is 8.26. The molecule has 1 aliphatic heterocycles. The molecule has 0 aromatic heterocycles. The van der Waals surface area contributed by atoms with E-state index in [-0.39, 0.29) is 6.54 Å². The van der Waals surface area contributed by atoms with Gasteiger partial charge in [0.1, 0.15) is 6.54 Å². The number of nitrogens with zero attached hydrogens (tertiary/aromatic N) is 1. The van der Waals surface area contributed by atoms with Crippen molar-refractivity contribution in [2.75, 3.05) is 11.9 Å². The molecule has 7 heteroatoms. The van der Waals surface area contributed by atoms with Gasteiger partial charge in [0.05, 0.1) is 4.91 Å². The van der Waals surface area contributed by atoms with Gasteiger partial charge in [-0.15, -0.1) is 0 Å². The van der Waals surface area contributed by atoms with E-state index >= 15 is 0 Å². The lowest BCUT2D eigenvalue weighted by molar-refractivity contribution is -0.127. The SMILES string of the molecule is Cc1cccc(NC(=O)CN2C(=O)S/C(=C/c3ccc(I)cc3)C2=O)c1C. The lowest BCUT2D eigenvalue weighted by Gasteiger charge is -2.14. The Labute approximate surface area is 175 Å². The average Bonchev–Trinajstić information content (AvgIpc) is 2.88. The van der Waals surface area contributed by atoms with Crippen LogP contribution in [0.4, 0.5) is 10.5 Å². The molecule has 2 aromatic rings. The number of amides is 3. The molecule has 138 valence electrons. The Bertz CT molecular complexity index is 954. The zero-order chi connectivity index (χ0) is 19.6. The predicted molar refractivity (Wildman–Crippen MR) is 116 cm³/mol. The zero-order valence-corrected chi connectivity index (χ0v) is 17.8. The van der Waals surface area contributed by atoms with E-state index in [1.807, 2.05) is 50.2 Å². The molecule has 1 aliphatic rings. The minimum atomic E-state index is -0.445. The van der Waals surface area contributed by atoms with Gasteiger partial charge in [0.2, 0.25) is 5.91 Å². The van der Waals surface area contributed by atoms with Crippen molar-refractivity contribution in [2.24, 2.45) is 0 Å². The van der Waals surface area contributed by atoms with Crippen LogP contribution >= 0.6 is 34.4 Å². The van der Waals surface area contributed by atoms with Crippen molar-refractivity contribution in [1.29, 1.82) is 0 Å². The maximum atomic E-state index is 12.5. The van der Waals surface area contributed by atoms with E-state index in [0.29, 0.717) is 10.6 Å². The number of thioether (sulfide) groups is 1. The second-order valence-corrected chi connectivity index (χ2v) is 8.35. The second-order valence-electron chi connectivity index (χ2n) is 6.12. The number of carbonyl (C=O) groups excluding carboxylic acids is 3. The predicted octanol–water partition coefficient (Wildman–Crippen LogP) is 4.58. The van der Waals surface area contributed by atoms with E-state index in [0.717, 1.165) is 36.9 Å². The molecule has 1 saturated heterocycles. The maximum absolute atomic E-state index is 12.5. The van der Waals surface area contributed by atoms with E-state index in [1.165, 1.54) is 0 Å². The Morgan fingerprint density at radius 1 is 1.15 bits per heavy atom. The molecular weight excluding hydrogens is 475 g/mol. The van der Waals surface area contributed by atoms with E-state index in [4.69, 9.17) is 0 Å². The van der Waals surface area contributed by atoms with Gasteiger partial charge in [-0.2, -0.15) is 0 Å². The first-order valence-electron chi connectivity index (χ1n) is 8.22. The van der Waals surface area contributed by atoms with E-state index < -0.39 is 17.1 Å². The number of rotatable bonds is 4. The van der Waals surface area contributed by atoms with Crippen LogP contribution in [0.1, 0.15) is 16.7 Å². The van der Waals surface area contributed by atoms with Gasteiger partial charge in [-0.1, -0.05) is 24.3 Å².